The molecule has 11 heteroatoms. The molecule has 2 aromatic heterocycles. The number of anilines is 3. The molecule has 3 heterocycles. The van der Waals surface area contributed by atoms with Crippen molar-refractivity contribution in [2.24, 2.45) is 0 Å². The second-order valence-electron chi connectivity index (χ2n) is 8.65. The number of alkyl halides is 3. The molecule has 168 valence electrons. The highest BCUT2D eigenvalue weighted by Gasteiger charge is 2.39. The first-order valence-corrected chi connectivity index (χ1v) is 10.3. The Labute approximate surface area is 177 Å². The van der Waals surface area contributed by atoms with Crippen LogP contribution in [0.1, 0.15) is 58.1 Å². The number of aromatic nitrogens is 4. The van der Waals surface area contributed by atoms with Crippen molar-refractivity contribution in [1.82, 2.24) is 19.7 Å². The number of nitrogens with zero attached hydrogens (tertiary/aromatic N) is 4. The van der Waals surface area contributed by atoms with Gasteiger partial charge in [0.05, 0.1) is 18.2 Å². The first-order valence-electron chi connectivity index (χ1n) is 10.3. The Morgan fingerprint density at radius 3 is 2.48 bits per heavy atom. The highest BCUT2D eigenvalue weighted by molar-refractivity contribution is 5.58. The molecule has 8 nitrogen and oxygen atoms in total. The number of ether oxygens (including phenoxy) is 1. The van der Waals surface area contributed by atoms with Crippen LogP contribution in [0.4, 0.5) is 30.8 Å². The molecule has 2 N–H and O–H groups in total. The Morgan fingerprint density at radius 1 is 1.19 bits per heavy atom. The molecule has 0 amide bonds. The van der Waals surface area contributed by atoms with E-state index < -0.39 is 17.6 Å². The molecule has 1 saturated carbocycles. The van der Waals surface area contributed by atoms with Crippen molar-refractivity contribution < 1.29 is 17.9 Å². The van der Waals surface area contributed by atoms with Crippen molar-refractivity contribution in [2.75, 3.05) is 10.6 Å². The third kappa shape index (κ3) is 4.97. The summed E-state index contributed by atoms with van der Waals surface area (Å²) in [7, 11) is 0. The zero-order chi connectivity index (χ0) is 22.4. The highest BCUT2D eigenvalue weighted by Crippen LogP contribution is 2.39. The average Bonchev–Trinajstić information content (AvgIpc) is 3.38. The van der Waals surface area contributed by atoms with E-state index in [4.69, 9.17) is 4.74 Å². The van der Waals surface area contributed by atoms with E-state index in [0.717, 1.165) is 19.0 Å². The van der Waals surface area contributed by atoms with Gasteiger partial charge in [-0.05, 0) is 52.5 Å². The average molecular weight is 438 g/mol. The quantitative estimate of drug-likeness (QED) is 0.731. The van der Waals surface area contributed by atoms with E-state index in [1.54, 1.807) is 0 Å². The monoisotopic (exact) mass is 438 g/mol. The summed E-state index contributed by atoms with van der Waals surface area (Å²) < 4.78 is 47.6. The SMILES string of the molecule is C[C@@H]1CC(n2nc(Nc3nc(NC4(C)CC4)ncc3C(F)(F)F)ccc2=O)C[C@H](C)O1. The van der Waals surface area contributed by atoms with Gasteiger partial charge in [0.2, 0.25) is 5.95 Å². The van der Waals surface area contributed by atoms with Crippen molar-refractivity contribution in [1.29, 1.82) is 0 Å². The number of hydrogen-bond acceptors (Lipinski definition) is 7. The maximum absolute atomic E-state index is 13.5. The second kappa shape index (κ2) is 7.77. The van der Waals surface area contributed by atoms with Crippen molar-refractivity contribution >= 4 is 17.6 Å². The fourth-order valence-electron chi connectivity index (χ4n) is 3.77. The van der Waals surface area contributed by atoms with Gasteiger partial charge < -0.3 is 15.4 Å². The molecule has 0 aromatic carbocycles. The van der Waals surface area contributed by atoms with Crippen LogP contribution < -0.4 is 16.2 Å². The van der Waals surface area contributed by atoms with Gasteiger partial charge >= 0.3 is 6.18 Å². The minimum absolute atomic E-state index is 0.0461. The van der Waals surface area contributed by atoms with Crippen LogP contribution in [0.2, 0.25) is 0 Å². The van der Waals surface area contributed by atoms with E-state index in [9.17, 15) is 18.0 Å². The fourth-order valence-corrected chi connectivity index (χ4v) is 3.77. The molecule has 1 aliphatic heterocycles. The van der Waals surface area contributed by atoms with Crippen LogP contribution in [0.15, 0.2) is 23.1 Å². The smallest absolute Gasteiger partial charge is 0.375 e. The molecule has 2 fully saturated rings. The lowest BCUT2D eigenvalue weighted by atomic mass is 10.00. The van der Waals surface area contributed by atoms with Gasteiger partial charge in [-0.2, -0.15) is 23.3 Å². The van der Waals surface area contributed by atoms with Gasteiger partial charge in [0.15, 0.2) is 5.82 Å². The number of rotatable bonds is 5. The zero-order valence-electron chi connectivity index (χ0n) is 17.5. The molecule has 1 unspecified atom stereocenters. The molecule has 1 saturated heterocycles. The lowest BCUT2D eigenvalue weighted by Gasteiger charge is -2.32. The van der Waals surface area contributed by atoms with Crippen molar-refractivity contribution in [2.45, 2.75) is 76.4 Å². The van der Waals surface area contributed by atoms with Crippen LogP contribution >= 0.6 is 0 Å². The minimum Gasteiger partial charge on any atom is -0.375 e. The second-order valence-corrected chi connectivity index (χ2v) is 8.65. The standard InChI is InChI=1S/C20H25F3N6O2/c1-11-8-13(9-12(2)31-11)29-16(30)5-4-15(28-29)25-17-14(20(21,22)23)10-24-18(26-17)27-19(3)6-7-19/h4-5,10-13H,6-9H2,1-3H3,(H2,24,25,26,27,28)/t11-,12+,13?. The number of hydrogen-bond donors (Lipinski definition) is 2. The lowest BCUT2D eigenvalue weighted by molar-refractivity contribution is -0.137. The van der Waals surface area contributed by atoms with Crippen LogP contribution in [0.5, 0.6) is 0 Å². The van der Waals surface area contributed by atoms with Crippen molar-refractivity contribution in [3.63, 3.8) is 0 Å². The Balaban J connectivity index is 1.65. The Bertz CT molecular complexity index is 1010. The van der Waals surface area contributed by atoms with Gasteiger partial charge in [0.25, 0.3) is 5.56 Å². The topological polar surface area (TPSA) is 94.0 Å². The maximum atomic E-state index is 13.5. The normalized spacial score (nSPS) is 25.2. The Hall–Kier alpha value is -2.69. The molecule has 2 aromatic rings. The first-order chi connectivity index (χ1) is 14.5. The summed E-state index contributed by atoms with van der Waals surface area (Å²) in [6.45, 7) is 5.79. The minimum atomic E-state index is -4.65. The summed E-state index contributed by atoms with van der Waals surface area (Å²) >= 11 is 0. The molecular weight excluding hydrogens is 413 g/mol. The first kappa shape index (κ1) is 21.5. The van der Waals surface area contributed by atoms with Crippen LogP contribution in [0.3, 0.4) is 0 Å². The molecule has 31 heavy (non-hydrogen) atoms. The highest BCUT2D eigenvalue weighted by atomic mass is 19.4. The fraction of sp³-hybridized carbons (Fsp3) is 0.600. The zero-order valence-corrected chi connectivity index (χ0v) is 17.5. The van der Waals surface area contributed by atoms with E-state index in [1.165, 1.54) is 16.8 Å². The molecule has 1 aliphatic carbocycles. The van der Waals surface area contributed by atoms with E-state index >= 15 is 0 Å². The van der Waals surface area contributed by atoms with Gasteiger partial charge in [0.1, 0.15) is 11.4 Å². The van der Waals surface area contributed by atoms with Crippen molar-refractivity contribution in [3.8, 4) is 0 Å². The molecule has 0 radical (unpaired) electrons. The van der Waals surface area contributed by atoms with Gasteiger partial charge in [0, 0.05) is 17.8 Å². The van der Waals surface area contributed by atoms with Crippen LogP contribution in [0, 0.1) is 0 Å². The summed E-state index contributed by atoms with van der Waals surface area (Å²) in [6.07, 6.45) is -1.01. The van der Waals surface area contributed by atoms with Crippen LogP contribution in [-0.4, -0.2) is 37.5 Å². The Kier molecular flexibility index (Phi) is 5.40. The van der Waals surface area contributed by atoms with E-state index in [2.05, 4.69) is 25.7 Å². The molecular formula is C20H25F3N6O2. The van der Waals surface area contributed by atoms with Gasteiger partial charge in [-0.25, -0.2) is 9.67 Å². The molecule has 0 spiro atoms. The molecule has 4 rings (SSSR count). The summed E-state index contributed by atoms with van der Waals surface area (Å²) in [6, 6.07) is 2.44. The lowest BCUT2D eigenvalue weighted by Crippen LogP contribution is -2.36. The third-order valence-corrected chi connectivity index (χ3v) is 5.60. The van der Waals surface area contributed by atoms with Crippen LogP contribution in [0.25, 0.3) is 0 Å². The van der Waals surface area contributed by atoms with Crippen molar-refractivity contribution in [3.05, 3.63) is 34.2 Å². The number of halogens is 3. The molecule has 0 bridgehead atoms. The predicted octanol–water partition coefficient (Wildman–Crippen LogP) is 3.89. The predicted molar refractivity (Wildman–Crippen MR) is 108 cm³/mol. The largest absolute Gasteiger partial charge is 0.421 e. The van der Waals surface area contributed by atoms with E-state index in [0.29, 0.717) is 12.8 Å². The summed E-state index contributed by atoms with van der Waals surface area (Å²) in [5, 5.41) is 9.99. The van der Waals surface area contributed by atoms with Gasteiger partial charge in [-0.3, -0.25) is 4.79 Å². The van der Waals surface area contributed by atoms with Crippen LogP contribution in [-0.2, 0) is 10.9 Å². The van der Waals surface area contributed by atoms with Gasteiger partial charge in [-0.15, -0.1) is 0 Å². The van der Waals surface area contributed by atoms with E-state index in [1.807, 2.05) is 20.8 Å². The number of nitrogens with one attached hydrogen (secondary N) is 2. The summed E-state index contributed by atoms with van der Waals surface area (Å²) in [4.78, 5) is 20.3. The Morgan fingerprint density at radius 2 is 1.87 bits per heavy atom. The third-order valence-electron chi connectivity index (χ3n) is 5.60. The van der Waals surface area contributed by atoms with Gasteiger partial charge in [-0.1, -0.05) is 0 Å². The summed E-state index contributed by atoms with van der Waals surface area (Å²) in [5.41, 5.74) is -1.52. The van der Waals surface area contributed by atoms with E-state index in [-0.39, 0.29) is 41.1 Å². The summed E-state index contributed by atoms with van der Waals surface area (Å²) in [5.74, 6) is -0.212. The molecule has 2 aliphatic rings. The maximum Gasteiger partial charge on any atom is 0.421 e. The molecule has 3 atom stereocenters.